The van der Waals surface area contributed by atoms with E-state index in [1.807, 2.05) is 0 Å². The lowest BCUT2D eigenvalue weighted by Gasteiger charge is -2.18. The number of halogens is 1. The molecular formula is C15H20FN3. The number of hydrogen-bond donors (Lipinski definition) is 1. The molecule has 3 rings (SSSR count). The highest BCUT2D eigenvalue weighted by molar-refractivity contribution is 5.78. The molecule has 0 aliphatic heterocycles. The van der Waals surface area contributed by atoms with Gasteiger partial charge in [0, 0.05) is 12.1 Å². The van der Waals surface area contributed by atoms with E-state index in [1.54, 1.807) is 6.07 Å². The van der Waals surface area contributed by atoms with Crippen LogP contribution in [-0.4, -0.2) is 9.55 Å². The van der Waals surface area contributed by atoms with Gasteiger partial charge >= 0.3 is 0 Å². The predicted molar refractivity (Wildman–Crippen MR) is 75.4 cm³/mol. The molecule has 1 saturated carbocycles. The van der Waals surface area contributed by atoms with Crippen LogP contribution in [0.2, 0.25) is 0 Å². The van der Waals surface area contributed by atoms with Crippen molar-refractivity contribution in [3.05, 3.63) is 24.0 Å². The number of hydrogen-bond acceptors (Lipinski definition) is 2. The van der Waals surface area contributed by atoms with Crippen molar-refractivity contribution in [2.75, 3.05) is 5.73 Å². The average Bonchev–Trinajstić information content (AvgIpc) is 2.54. The van der Waals surface area contributed by atoms with Crippen LogP contribution in [0.4, 0.5) is 10.3 Å². The van der Waals surface area contributed by atoms with Gasteiger partial charge in [0.2, 0.25) is 5.95 Å². The second kappa shape index (κ2) is 4.83. The van der Waals surface area contributed by atoms with Gasteiger partial charge in [0.25, 0.3) is 0 Å². The summed E-state index contributed by atoms with van der Waals surface area (Å²) in [5.74, 6) is 1.05. The number of benzene rings is 1. The standard InChI is InChI=1S/C15H20FN3/c1-10-3-2-4-12(7-5-10)19-14-8-6-11(16)9-13(14)18-15(19)17/h6,8-10,12H,2-5,7H2,1H3,(H2,17,18). The molecule has 0 bridgehead atoms. The van der Waals surface area contributed by atoms with E-state index in [4.69, 9.17) is 5.73 Å². The zero-order valence-electron chi connectivity index (χ0n) is 11.3. The molecule has 19 heavy (non-hydrogen) atoms. The molecule has 0 spiro atoms. The zero-order chi connectivity index (χ0) is 13.4. The van der Waals surface area contributed by atoms with Crippen molar-refractivity contribution in [3.63, 3.8) is 0 Å². The summed E-state index contributed by atoms with van der Waals surface area (Å²) >= 11 is 0. The van der Waals surface area contributed by atoms with Gasteiger partial charge in [-0.3, -0.25) is 0 Å². The molecule has 0 saturated heterocycles. The Hall–Kier alpha value is -1.58. The third kappa shape index (κ3) is 2.31. The van der Waals surface area contributed by atoms with E-state index in [0.29, 0.717) is 17.5 Å². The van der Waals surface area contributed by atoms with E-state index in [1.165, 1.54) is 31.4 Å². The number of anilines is 1. The molecule has 1 aliphatic carbocycles. The first kappa shape index (κ1) is 12.5. The van der Waals surface area contributed by atoms with Crippen LogP contribution >= 0.6 is 0 Å². The Morgan fingerprint density at radius 2 is 2.11 bits per heavy atom. The van der Waals surface area contributed by atoms with E-state index in [9.17, 15) is 4.39 Å². The topological polar surface area (TPSA) is 43.8 Å². The minimum atomic E-state index is -0.258. The molecule has 3 nitrogen and oxygen atoms in total. The minimum Gasteiger partial charge on any atom is -0.369 e. The number of nitrogen functional groups attached to an aromatic ring is 1. The number of fused-ring (bicyclic) bond motifs is 1. The van der Waals surface area contributed by atoms with Gasteiger partial charge in [-0.1, -0.05) is 19.8 Å². The molecule has 1 aromatic carbocycles. The maximum atomic E-state index is 13.2. The maximum absolute atomic E-state index is 13.2. The Labute approximate surface area is 112 Å². The quantitative estimate of drug-likeness (QED) is 0.791. The van der Waals surface area contributed by atoms with Crippen LogP contribution in [0.15, 0.2) is 18.2 Å². The van der Waals surface area contributed by atoms with Crippen molar-refractivity contribution < 1.29 is 4.39 Å². The Morgan fingerprint density at radius 1 is 1.26 bits per heavy atom. The molecule has 1 fully saturated rings. The van der Waals surface area contributed by atoms with Crippen molar-refractivity contribution in [1.29, 1.82) is 0 Å². The van der Waals surface area contributed by atoms with Crippen LogP contribution in [0, 0.1) is 11.7 Å². The highest BCUT2D eigenvalue weighted by Gasteiger charge is 2.21. The van der Waals surface area contributed by atoms with Crippen molar-refractivity contribution in [1.82, 2.24) is 9.55 Å². The molecule has 2 N–H and O–H groups in total. The molecule has 2 unspecified atom stereocenters. The van der Waals surface area contributed by atoms with Gasteiger partial charge in [-0.05, 0) is 37.3 Å². The summed E-state index contributed by atoms with van der Waals surface area (Å²) in [6.45, 7) is 2.31. The second-order valence-corrected chi connectivity index (χ2v) is 5.74. The summed E-state index contributed by atoms with van der Waals surface area (Å²) < 4.78 is 15.3. The fourth-order valence-corrected chi connectivity index (χ4v) is 3.20. The molecule has 1 aliphatic rings. The van der Waals surface area contributed by atoms with E-state index in [0.717, 1.165) is 24.3 Å². The molecule has 0 amide bonds. The number of imidazole rings is 1. The predicted octanol–water partition coefficient (Wildman–Crippen LogP) is 3.90. The van der Waals surface area contributed by atoms with Gasteiger partial charge in [-0.25, -0.2) is 9.37 Å². The van der Waals surface area contributed by atoms with E-state index >= 15 is 0 Å². The summed E-state index contributed by atoms with van der Waals surface area (Å²) in [6, 6.07) is 5.14. The van der Waals surface area contributed by atoms with Crippen LogP contribution in [0.25, 0.3) is 11.0 Å². The van der Waals surface area contributed by atoms with Crippen molar-refractivity contribution in [2.45, 2.75) is 45.1 Å². The van der Waals surface area contributed by atoms with Crippen molar-refractivity contribution in [3.8, 4) is 0 Å². The van der Waals surface area contributed by atoms with E-state index in [2.05, 4.69) is 16.5 Å². The average molecular weight is 261 g/mol. The van der Waals surface area contributed by atoms with Crippen LogP contribution in [0.1, 0.15) is 45.1 Å². The molecule has 4 heteroatoms. The van der Waals surface area contributed by atoms with Crippen LogP contribution in [0.5, 0.6) is 0 Å². The van der Waals surface area contributed by atoms with Gasteiger partial charge in [-0.15, -0.1) is 0 Å². The Morgan fingerprint density at radius 3 is 2.95 bits per heavy atom. The number of rotatable bonds is 1. The first-order valence-electron chi connectivity index (χ1n) is 7.08. The SMILES string of the molecule is CC1CCCC(n2c(N)nc3cc(F)ccc32)CC1. The van der Waals surface area contributed by atoms with Crippen LogP contribution in [0.3, 0.4) is 0 Å². The van der Waals surface area contributed by atoms with Gasteiger partial charge < -0.3 is 10.3 Å². The third-order valence-corrected chi connectivity index (χ3v) is 4.27. The van der Waals surface area contributed by atoms with Gasteiger partial charge in [-0.2, -0.15) is 0 Å². The molecule has 0 radical (unpaired) electrons. The lowest BCUT2D eigenvalue weighted by Crippen LogP contribution is -2.11. The van der Waals surface area contributed by atoms with Gasteiger partial charge in [0.1, 0.15) is 5.82 Å². The molecule has 1 aromatic heterocycles. The molecule has 2 aromatic rings. The largest absolute Gasteiger partial charge is 0.369 e. The first-order chi connectivity index (χ1) is 9.15. The van der Waals surface area contributed by atoms with Gasteiger partial charge in [0.05, 0.1) is 11.0 Å². The lowest BCUT2D eigenvalue weighted by molar-refractivity contribution is 0.445. The maximum Gasteiger partial charge on any atom is 0.201 e. The summed E-state index contributed by atoms with van der Waals surface area (Å²) in [7, 11) is 0. The fourth-order valence-electron chi connectivity index (χ4n) is 3.20. The van der Waals surface area contributed by atoms with E-state index in [-0.39, 0.29) is 5.82 Å². The summed E-state index contributed by atoms with van der Waals surface area (Å²) in [5.41, 5.74) is 7.67. The lowest BCUT2D eigenvalue weighted by atomic mass is 10.0. The molecule has 1 heterocycles. The zero-order valence-corrected chi connectivity index (χ0v) is 11.3. The Balaban J connectivity index is 2.01. The van der Waals surface area contributed by atoms with Gasteiger partial charge in [0.15, 0.2) is 0 Å². The molecule has 2 atom stereocenters. The van der Waals surface area contributed by atoms with Crippen LogP contribution < -0.4 is 5.73 Å². The monoisotopic (exact) mass is 261 g/mol. The van der Waals surface area contributed by atoms with Crippen molar-refractivity contribution in [2.24, 2.45) is 5.92 Å². The molecular weight excluding hydrogens is 241 g/mol. The van der Waals surface area contributed by atoms with Crippen LogP contribution in [-0.2, 0) is 0 Å². The number of nitrogens with two attached hydrogens (primary N) is 1. The third-order valence-electron chi connectivity index (χ3n) is 4.27. The number of aromatic nitrogens is 2. The second-order valence-electron chi connectivity index (χ2n) is 5.74. The molecule has 102 valence electrons. The van der Waals surface area contributed by atoms with Crippen molar-refractivity contribution >= 4 is 17.0 Å². The first-order valence-corrected chi connectivity index (χ1v) is 7.08. The smallest absolute Gasteiger partial charge is 0.201 e. The minimum absolute atomic E-state index is 0.258. The summed E-state index contributed by atoms with van der Waals surface area (Å²) in [4.78, 5) is 4.30. The Bertz CT molecular complexity index is 590. The highest BCUT2D eigenvalue weighted by atomic mass is 19.1. The Kier molecular flexibility index (Phi) is 3.17. The fraction of sp³-hybridized carbons (Fsp3) is 0.533. The number of nitrogens with zero attached hydrogens (tertiary/aromatic N) is 2. The van der Waals surface area contributed by atoms with E-state index < -0.39 is 0 Å². The summed E-state index contributed by atoms with van der Waals surface area (Å²) in [6.07, 6.45) is 6.01. The highest BCUT2D eigenvalue weighted by Crippen LogP contribution is 2.34. The normalized spacial score (nSPS) is 24.5. The summed E-state index contributed by atoms with van der Waals surface area (Å²) in [5, 5.41) is 0.